The number of nitrogens with one attached hydrogen (secondary N) is 2. The second kappa shape index (κ2) is 6.37. The molecule has 1 heterocycles. The summed E-state index contributed by atoms with van der Waals surface area (Å²) in [5.41, 5.74) is 1.76. The van der Waals surface area contributed by atoms with E-state index in [-0.39, 0.29) is 5.91 Å². The molecule has 1 unspecified atom stereocenters. The second-order valence-electron chi connectivity index (χ2n) is 5.04. The van der Waals surface area contributed by atoms with Gasteiger partial charge < -0.3 is 10.6 Å². The fourth-order valence-electron chi connectivity index (χ4n) is 2.33. The average Bonchev–Trinajstić information content (AvgIpc) is 2.80. The zero-order chi connectivity index (χ0) is 13.8. The van der Waals surface area contributed by atoms with Crippen LogP contribution in [0.4, 0.5) is 5.69 Å². The van der Waals surface area contributed by atoms with Crippen LogP contribution in [0.2, 0.25) is 5.02 Å². The van der Waals surface area contributed by atoms with Crippen molar-refractivity contribution in [3.63, 3.8) is 0 Å². The highest BCUT2D eigenvalue weighted by Crippen LogP contribution is 2.22. The Morgan fingerprint density at radius 1 is 1.53 bits per heavy atom. The molecule has 0 aromatic heterocycles. The van der Waals surface area contributed by atoms with Gasteiger partial charge in [-0.1, -0.05) is 17.7 Å². The zero-order valence-electron chi connectivity index (χ0n) is 11.4. The summed E-state index contributed by atoms with van der Waals surface area (Å²) in [6, 6.07) is 6.13. The molecule has 4 nitrogen and oxygen atoms in total. The average molecular weight is 282 g/mol. The largest absolute Gasteiger partial charge is 0.324 e. The van der Waals surface area contributed by atoms with Crippen LogP contribution in [0.15, 0.2) is 18.2 Å². The maximum absolute atomic E-state index is 12.0. The van der Waals surface area contributed by atoms with Crippen LogP contribution in [0.25, 0.3) is 0 Å². The van der Waals surface area contributed by atoms with Gasteiger partial charge in [0.2, 0.25) is 5.91 Å². The summed E-state index contributed by atoms with van der Waals surface area (Å²) in [6.45, 7) is 4.27. The number of hydrogen-bond acceptors (Lipinski definition) is 3. The van der Waals surface area contributed by atoms with Gasteiger partial charge in [-0.15, -0.1) is 0 Å². The van der Waals surface area contributed by atoms with E-state index in [1.165, 1.54) is 0 Å². The molecule has 5 heteroatoms. The van der Waals surface area contributed by atoms with Crippen molar-refractivity contribution in [2.24, 2.45) is 0 Å². The van der Waals surface area contributed by atoms with Crippen molar-refractivity contribution in [1.82, 2.24) is 10.2 Å². The molecule has 1 aliphatic heterocycles. The van der Waals surface area contributed by atoms with Crippen molar-refractivity contribution in [3.8, 4) is 0 Å². The van der Waals surface area contributed by atoms with Crippen molar-refractivity contribution in [3.05, 3.63) is 28.8 Å². The minimum Gasteiger partial charge on any atom is -0.324 e. The van der Waals surface area contributed by atoms with Crippen LogP contribution >= 0.6 is 11.6 Å². The van der Waals surface area contributed by atoms with Crippen LogP contribution in [0.1, 0.15) is 12.0 Å². The molecule has 1 aromatic carbocycles. The molecule has 2 N–H and O–H groups in total. The summed E-state index contributed by atoms with van der Waals surface area (Å²) in [5, 5.41) is 6.69. The fourth-order valence-corrected chi connectivity index (χ4v) is 2.61. The van der Waals surface area contributed by atoms with Gasteiger partial charge in [0.15, 0.2) is 0 Å². The molecular formula is C14H20ClN3O. The lowest BCUT2D eigenvalue weighted by Gasteiger charge is -2.16. The number of likely N-dealkylation sites (tertiary alicyclic amines) is 1. The summed E-state index contributed by atoms with van der Waals surface area (Å²) in [4.78, 5) is 14.1. The molecule has 1 amide bonds. The molecule has 1 aromatic rings. The van der Waals surface area contributed by atoms with Crippen LogP contribution in [-0.4, -0.2) is 43.5 Å². The first-order chi connectivity index (χ1) is 9.08. The van der Waals surface area contributed by atoms with Crippen LogP contribution in [0.5, 0.6) is 0 Å². The molecule has 0 bridgehead atoms. The van der Waals surface area contributed by atoms with E-state index in [0.717, 1.165) is 25.1 Å². The first-order valence-electron chi connectivity index (χ1n) is 6.54. The van der Waals surface area contributed by atoms with Crippen molar-refractivity contribution < 1.29 is 4.79 Å². The standard InChI is InChI=1S/C14H20ClN3O/c1-10-3-4-13(12(15)7-10)17-14(19)9-18-6-5-11(8-18)16-2/h3-4,7,11,16H,5-6,8-9H2,1-2H3,(H,17,19). The minimum atomic E-state index is -0.0116. The fraction of sp³-hybridized carbons (Fsp3) is 0.500. The Morgan fingerprint density at radius 2 is 2.32 bits per heavy atom. The van der Waals surface area contributed by atoms with E-state index in [2.05, 4.69) is 15.5 Å². The van der Waals surface area contributed by atoms with Gasteiger partial charge in [-0.05, 0) is 38.1 Å². The first kappa shape index (κ1) is 14.3. The number of anilines is 1. The molecule has 0 aliphatic carbocycles. The van der Waals surface area contributed by atoms with E-state index in [0.29, 0.717) is 23.3 Å². The number of amides is 1. The Labute approximate surface area is 119 Å². The number of carbonyl (C=O) groups is 1. The summed E-state index contributed by atoms with van der Waals surface area (Å²) < 4.78 is 0. The topological polar surface area (TPSA) is 44.4 Å². The minimum absolute atomic E-state index is 0.0116. The smallest absolute Gasteiger partial charge is 0.238 e. The van der Waals surface area contributed by atoms with Crippen molar-refractivity contribution in [2.75, 3.05) is 32.0 Å². The van der Waals surface area contributed by atoms with Gasteiger partial charge in [-0.2, -0.15) is 0 Å². The molecule has 0 radical (unpaired) electrons. The molecule has 2 rings (SSSR count). The van der Waals surface area contributed by atoms with E-state index < -0.39 is 0 Å². The van der Waals surface area contributed by atoms with Gasteiger partial charge in [0.05, 0.1) is 17.3 Å². The monoisotopic (exact) mass is 281 g/mol. The highest BCUT2D eigenvalue weighted by molar-refractivity contribution is 6.33. The highest BCUT2D eigenvalue weighted by atomic mass is 35.5. The van der Waals surface area contributed by atoms with Crippen LogP contribution < -0.4 is 10.6 Å². The normalized spacial score (nSPS) is 19.6. The van der Waals surface area contributed by atoms with E-state index in [1.54, 1.807) is 0 Å². The predicted molar refractivity (Wildman–Crippen MR) is 78.7 cm³/mol. The molecule has 1 saturated heterocycles. The molecule has 1 atom stereocenters. The Bertz CT molecular complexity index is 464. The Hall–Kier alpha value is -1.10. The Balaban J connectivity index is 1.87. The first-order valence-corrected chi connectivity index (χ1v) is 6.92. The lowest BCUT2D eigenvalue weighted by molar-refractivity contribution is -0.117. The molecule has 0 saturated carbocycles. The highest BCUT2D eigenvalue weighted by Gasteiger charge is 2.22. The summed E-state index contributed by atoms with van der Waals surface area (Å²) in [6.07, 6.45) is 1.09. The number of carbonyl (C=O) groups excluding carboxylic acids is 1. The molecule has 1 aliphatic rings. The van der Waals surface area contributed by atoms with Gasteiger partial charge in [0.1, 0.15) is 0 Å². The lowest BCUT2D eigenvalue weighted by atomic mass is 10.2. The number of nitrogens with zero attached hydrogens (tertiary/aromatic N) is 1. The van der Waals surface area contributed by atoms with Gasteiger partial charge in [-0.25, -0.2) is 0 Å². The van der Waals surface area contributed by atoms with Crippen LogP contribution in [0.3, 0.4) is 0 Å². The maximum Gasteiger partial charge on any atom is 0.238 e. The van der Waals surface area contributed by atoms with Crippen molar-refractivity contribution >= 4 is 23.2 Å². The lowest BCUT2D eigenvalue weighted by Crippen LogP contribution is -2.34. The Kier molecular flexibility index (Phi) is 4.80. The van der Waals surface area contributed by atoms with Gasteiger partial charge in [0, 0.05) is 19.1 Å². The third-order valence-electron chi connectivity index (χ3n) is 3.45. The third-order valence-corrected chi connectivity index (χ3v) is 3.76. The van der Waals surface area contributed by atoms with Crippen molar-refractivity contribution in [1.29, 1.82) is 0 Å². The number of hydrogen-bond donors (Lipinski definition) is 2. The van der Waals surface area contributed by atoms with E-state index in [1.807, 2.05) is 32.2 Å². The van der Waals surface area contributed by atoms with E-state index in [4.69, 9.17) is 11.6 Å². The quantitative estimate of drug-likeness (QED) is 0.886. The zero-order valence-corrected chi connectivity index (χ0v) is 12.1. The summed E-state index contributed by atoms with van der Waals surface area (Å²) in [5.74, 6) is -0.0116. The van der Waals surface area contributed by atoms with Crippen molar-refractivity contribution in [2.45, 2.75) is 19.4 Å². The molecule has 104 valence electrons. The summed E-state index contributed by atoms with van der Waals surface area (Å²) in [7, 11) is 1.96. The Morgan fingerprint density at radius 3 is 2.95 bits per heavy atom. The van der Waals surface area contributed by atoms with Crippen LogP contribution in [-0.2, 0) is 4.79 Å². The SMILES string of the molecule is CNC1CCN(CC(=O)Nc2ccc(C)cc2Cl)C1. The maximum atomic E-state index is 12.0. The number of likely N-dealkylation sites (N-methyl/N-ethyl adjacent to an activating group) is 1. The number of benzene rings is 1. The molecule has 1 fully saturated rings. The molecule has 19 heavy (non-hydrogen) atoms. The summed E-state index contributed by atoms with van der Waals surface area (Å²) >= 11 is 6.10. The number of aryl methyl sites for hydroxylation is 1. The van der Waals surface area contributed by atoms with E-state index in [9.17, 15) is 4.79 Å². The molecular weight excluding hydrogens is 262 g/mol. The third kappa shape index (κ3) is 3.93. The van der Waals surface area contributed by atoms with Gasteiger partial charge in [0.25, 0.3) is 0 Å². The van der Waals surface area contributed by atoms with Crippen LogP contribution in [0, 0.1) is 6.92 Å². The predicted octanol–water partition coefficient (Wildman–Crippen LogP) is 1.88. The molecule has 0 spiro atoms. The second-order valence-corrected chi connectivity index (χ2v) is 5.45. The number of halogens is 1. The van der Waals surface area contributed by atoms with E-state index >= 15 is 0 Å². The van der Waals surface area contributed by atoms with Gasteiger partial charge >= 0.3 is 0 Å². The van der Waals surface area contributed by atoms with Gasteiger partial charge in [-0.3, -0.25) is 9.69 Å². The number of rotatable bonds is 4.